The molecule has 0 bridgehead atoms. The lowest BCUT2D eigenvalue weighted by molar-refractivity contribution is -0.159. The van der Waals surface area contributed by atoms with E-state index in [2.05, 4.69) is 0 Å². The number of amides is 2. The van der Waals surface area contributed by atoms with Crippen molar-refractivity contribution >= 4 is 23.5 Å². The van der Waals surface area contributed by atoms with Gasteiger partial charge in [0.1, 0.15) is 17.6 Å². The summed E-state index contributed by atoms with van der Waals surface area (Å²) in [6, 6.07) is 4.17. The van der Waals surface area contributed by atoms with Crippen LogP contribution < -0.4 is 4.90 Å². The Bertz CT molecular complexity index is 1140. The number of benzene rings is 1. The van der Waals surface area contributed by atoms with E-state index in [4.69, 9.17) is 9.47 Å². The third-order valence-electron chi connectivity index (χ3n) is 8.14. The van der Waals surface area contributed by atoms with E-state index in [9.17, 15) is 19.5 Å². The van der Waals surface area contributed by atoms with Gasteiger partial charge in [0.2, 0.25) is 5.91 Å². The highest BCUT2D eigenvalue weighted by atomic mass is 16.6. The minimum atomic E-state index is -1.37. The van der Waals surface area contributed by atoms with E-state index in [1.165, 1.54) is 4.90 Å². The van der Waals surface area contributed by atoms with Crippen LogP contribution >= 0.6 is 0 Å². The van der Waals surface area contributed by atoms with Gasteiger partial charge in [-0.25, -0.2) is 0 Å². The van der Waals surface area contributed by atoms with Gasteiger partial charge in [0.05, 0.1) is 30.8 Å². The summed E-state index contributed by atoms with van der Waals surface area (Å²) in [4.78, 5) is 45.0. The zero-order chi connectivity index (χ0) is 25.8. The first-order valence-electron chi connectivity index (χ1n) is 12.7. The first-order valence-corrected chi connectivity index (χ1v) is 12.7. The summed E-state index contributed by atoms with van der Waals surface area (Å²) >= 11 is 0. The predicted molar refractivity (Wildman–Crippen MR) is 133 cm³/mol. The number of aryl methyl sites for hydroxylation is 2. The number of rotatable bonds is 3. The summed E-state index contributed by atoms with van der Waals surface area (Å²) in [7, 11) is 0. The standard InChI is InChI=1S/C28H34N2O6/c1-17-10-8-11-18(2)22(17)29-14-9-13-28-20(24(32)30(19(3)16-31)23(28)25(29)33)21-26(34)35-15-7-5-6-12-27(21,4)36-28/h6,8-13,19-21,23,31H,5,7,14-16H2,1-4H3/b12-6-/t19-,20+,21-,23?,27+,28+/m1/s1. The topological polar surface area (TPSA) is 96.4 Å². The number of carbonyl (C=O) groups excluding carboxylic acids is 3. The molecule has 1 N–H and O–H groups in total. The average molecular weight is 495 g/mol. The molecule has 2 saturated heterocycles. The van der Waals surface area contributed by atoms with Gasteiger partial charge in [0.25, 0.3) is 5.91 Å². The maximum absolute atomic E-state index is 14.4. The number of cyclic esters (lactones) is 1. The van der Waals surface area contributed by atoms with Crippen molar-refractivity contribution in [1.82, 2.24) is 4.90 Å². The highest BCUT2D eigenvalue weighted by molar-refractivity contribution is 6.06. The minimum Gasteiger partial charge on any atom is -0.465 e. The van der Waals surface area contributed by atoms with Crippen LogP contribution in [0.1, 0.15) is 37.8 Å². The molecule has 4 heterocycles. The number of para-hydroxylation sites is 1. The highest BCUT2D eigenvalue weighted by Crippen LogP contribution is 2.57. The third kappa shape index (κ3) is 3.45. The zero-order valence-electron chi connectivity index (χ0n) is 21.3. The summed E-state index contributed by atoms with van der Waals surface area (Å²) in [6.45, 7) is 7.65. The molecular formula is C28H34N2O6. The minimum absolute atomic E-state index is 0.263. The molecule has 1 aromatic rings. The van der Waals surface area contributed by atoms with Crippen LogP contribution in [-0.2, 0) is 23.9 Å². The highest BCUT2D eigenvalue weighted by Gasteiger charge is 2.75. The molecule has 2 fully saturated rings. The van der Waals surface area contributed by atoms with E-state index in [1.807, 2.05) is 50.3 Å². The second kappa shape index (κ2) is 8.85. The molecule has 4 aliphatic rings. The van der Waals surface area contributed by atoms with Gasteiger partial charge in [-0.3, -0.25) is 14.4 Å². The molecule has 0 aromatic heterocycles. The smallest absolute Gasteiger partial charge is 0.313 e. The first-order chi connectivity index (χ1) is 17.2. The Morgan fingerprint density at radius 2 is 1.81 bits per heavy atom. The number of anilines is 1. The number of aliphatic hydroxyl groups excluding tert-OH is 1. The molecular weight excluding hydrogens is 460 g/mol. The van der Waals surface area contributed by atoms with Crippen LogP contribution in [0.25, 0.3) is 0 Å². The molecule has 0 aliphatic carbocycles. The molecule has 36 heavy (non-hydrogen) atoms. The number of aliphatic hydroxyl groups is 1. The van der Waals surface area contributed by atoms with E-state index >= 15 is 0 Å². The Morgan fingerprint density at radius 3 is 2.50 bits per heavy atom. The summed E-state index contributed by atoms with van der Waals surface area (Å²) in [5.41, 5.74) is 0.193. The number of hydrogen-bond acceptors (Lipinski definition) is 6. The molecule has 1 unspecified atom stereocenters. The molecule has 2 amide bonds. The van der Waals surface area contributed by atoms with E-state index < -0.39 is 41.1 Å². The monoisotopic (exact) mass is 494 g/mol. The van der Waals surface area contributed by atoms with Crippen LogP contribution in [0.15, 0.2) is 42.5 Å². The van der Waals surface area contributed by atoms with E-state index in [-0.39, 0.29) is 25.0 Å². The zero-order valence-corrected chi connectivity index (χ0v) is 21.3. The van der Waals surface area contributed by atoms with Crippen LogP contribution in [0.4, 0.5) is 5.69 Å². The Labute approximate surface area is 211 Å². The van der Waals surface area contributed by atoms with Crippen LogP contribution in [0.3, 0.4) is 0 Å². The number of allylic oxidation sites excluding steroid dienone is 1. The van der Waals surface area contributed by atoms with Crippen molar-refractivity contribution in [3.63, 3.8) is 0 Å². The Hall–Kier alpha value is -2.97. The van der Waals surface area contributed by atoms with E-state index in [1.54, 1.807) is 24.8 Å². The van der Waals surface area contributed by atoms with Crippen molar-refractivity contribution in [2.75, 3.05) is 24.7 Å². The van der Waals surface area contributed by atoms with Gasteiger partial charge in [0.15, 0.2) is 0 Å². The first kappa shape index (κ1) is 24.7. The van der Waals surface area contributed by atoms with E-state index in [0.717, 1.165) is 23.2 Å². The van der Waals surface area contributed by atoms with Crippen LogP contribution in [0.5, 0.6) is 0 Å². The second-order valence-electron chi connectivity index (χ2n) is 10.6. The fourth-order valence-electron chi connectivity index (χ4n) is 6.57. The lowest BCUT2D eigenvalue weighted by atomic mass is 9.74. The van der Waals surface area contributed by atoms with Crippen molar-refractivity contribution in [2.45, 2.75) is 63.8 Å². The van der Waals surface area contributed by atoms with Gasteiger partial charge in [-0.15, -0.1) is 0 Å². The Kier molecular flexibility index (Phi) is 6.08. The van der Waals surface area contributed by atoms with Crippen molar-refractivity contribution in [1.29, 1.82) is 0 Å². The molecule has 0 saturated carbocycles. The lowest BCUT2D eigenvalue weighted by Crippen LogP contribution is -2.58. The van der Waals surface area contributed by atoms with Gasteiger partial charge >= 0.3 is 5.97 Å². The van der Waals surface area contributed by atoms with Gasteiger partial charge in [-0.1, -0.05) is 42.5 Å². The van der Waals surface area contributed by atoms with Crippen LogP contribution in [0, 0.1) is 25.7 Å². The number of hydrogen-bond donors (Lipinski definition) is 1. The van der Waals surface area contributed by atoms with Crippen molar-refractivity contribution in [3.8, 4) is 0 Å². The largest absolute Gasteiger partial charge is 0.465 e. The average Bonchev–Trinajstić information content (AvgIpc) is 3.19. The number of ether oxygens (including phenoxy) is 2. The van der Waals surface area contributed by atoms with Crippen molar-refractivity contribution in [2.24, 2.45) is 11.8 Å². The fourth-order valence-corrected chi connectivity index (χ4v) is 6.57. The summed E-state index contributed by atoms with van der Waals surface area (Å²) < 4.78 is 12.3. The maximum Gasteiger partial charge on any atom is 0.313 e. The van der Waals surface area contributed by atoms with Crippen molar-refractivity contribution in [3.05, 3.63) is 53.6 Å². The summed E-state index contributed by atoms with van der Waals surface area (Å²) in [5, 5.41) is 10.1. The number of likely N-dealkylation sites (tertiary alicyclic amines) is 1. The summed E-state index contributed by atoms with van der Waals surface area (Å²) in [6.07, 6.45) is 8.90. The molecule has 1 aromatic carbocycles. The fraction of sp³-hybridized carbons (Fsp3) is 0.536. The lowest BCUT2D eigenvalue weighted by Gasteiger charge is -2.39. The van der Waals surface area contributed by atoms with Gasteiger partial charge < -0.3 is 24.4 Å². The van der Waals surface area contributed by atoms with Gasteiger partial charge in [-0.05, 0) is 51.7 Å². The number of carbonyl (C=O) groups is 3. The number of nitrogens with zero attached hydrogens (tertiary/aromatic N) is 2. The molecule has 4 aliphatic heterocycles. The van der Waals surface area contributed by atoms with Crippen LogP contribution in [0.2, 0.25) is 0 Å². The summed E-state index contributed by atoms with van der Waals surface area (Å²) in [5.74, 6) is -3.02. The molecule has 5 rings (SSSR count). The molecule has 8 nitrogen and oxygen atoms in total. The van der Waals surface area contributed by atoms with Gasteiger partial charge in [0, 0.05) is 12.2 Å². The molecule has 8 heteroatoms. The Morgan fingerprint density at radius 1 is 1.08 bits per heavy atom. The molecule has 192 valence electrons. The normalized spacial score (nSPS) is 35.7. The number of esters is 1. The van der Waals surface area contributed by atoms with Gasteiger partial charge in [-0.2, -0.15) is 0 Å². The molecule has 0 radical (unpaired) electrons. The van der Waals surface area contributed by atoms with Crippen molar-refractivity contribution < 1.29 is 29.0 Å². The molecule has 1 spiro atoms. The van der Waals surface area contributed by atoms with E-state index in [0.29, 0.717) is 13.0 Å². The quantitative estimate of drug-likeness (QED) is 0.512. The third-order valence-corrected chi connectivity index (χ3v) is 8.14. The van der Waals surface area contributed by atoms with Crippen LogP contribution in [-0.4, -0.2) is 70.8 Å². The number of fused-ring (bicyclic) bond motifs is 2. The Balaban J connectivity index is 1.69. The SMILES string of the molecule is Cc1cccc(C)c1N1CC=C[C@]23O[C@@]4(C)/C=C\CCCOC(=O)[C@H]4[C@H]2C(=O)N([C@H](C)CO)C3C1=O. The predicted octanol–water partition coefficient (Wildman–Crippen LogP) is 2.45. The molecule has 6 atom stereocenters. The maximum atomic E-state index is 14.4. The second-order valence-corrected chi connectivity index (χ2v) is 10.6.